The Balaban J connectivity index is 1.99. The third-order valence-electron chi connectivity index (χ3n) is 2.66. The summed E-state index contributed by atoms with van der Waals surface area (Å²) in [6.45, 7) is 2.38. The topological polar surface area (TPSA) is 75.1 Å². The summed E-state index contributed by atoms with van der Waals surface area (Å²) < 4.78 is 1.04. The van der Waals surface area contributed by atoms with E-state index in [2.05, 4.69) is 31.2 Å². The maximum absolute atomic E-state index is 10.9. The number of aromatic nitrogens is 2. The summed E-state index contributed by atoms with van der Waals surface area (Å²) in [6.07, 6.45) is 0.805. The summed E-state index contributed by atoms with van der Waals surface area (Å²) in [5, 5.41) is 12.0. The Hall–Kier alpha value is -1.95. The first-order valence-corrected chi connectivity index (χ1v) is 6.91. The van der Waals surface area contributed by atoms with E-state index < -0.39 is 5.97 Å². The smallest absolute Gasteiger partial charge is 0.354 e. The van der Waals surface area contributed by atoms with Gasteiger partial charge in [0, 0.05) is 16.7 Å². The number of carbonyl (C=O) groups is 1. The molecule has 0 bridgehead atoms. The van der Waals surface area contributed by atoms with Crippen LogP contribution in [0, 0.1) is 6.92 Å². The highest BCUT2D eigenvalue weighted by atomic mass is 79.9. The van der Waals surface area contributed by atoms with Gasteiger partial charge in [-0.2, -0.15) is 0 Å². The highest BCUT2D eigenvalue weighted by Gasteiger charge is 2.08. The summed E-state index contributed by atoms with van der Waals surface area (Å²) in [7, 11) is 0. The maximum atomic E-state index is 10.9. The number of aryl methyl sites for hydroxylation is 1. The fourth-order valence-corrected chi connectivity index (χ4v) is 2.21. The van der Waals surface area contributed by atoms with Crippen LogP contribution in [-0.4, -0.2) is 27.6 Å². The first-order valence-electron chi connectivity index (χ1n) is 6.12. The minimum absolute atomic E-state index is 0.00227. The van der Waals surface area contributed by atoms with Gasteiger partial charge in [0.05, 0.1) is 0 Å². The first-order chi connectivity index (χ1) is 9.54. The van der Waals surface area contributed by atoms with Crippen LogP contribution >= 0.6 is 15.9 Å². The molecule has 2 N–H and O–H groups in total. The zero-order chi connectivity index (χ0) is 14.5. The largest absolute Gasteiger partial charge is 0.477 e. The third-order valence-corrected chi connectivity index (χ3v) is 3.15. The summed E-state index contributed by atoms with van der Waals surface area (Å²) >= 11 is 3.42. The van der Waals surface area contributed by atoms with Gasteiger partial charge in [0.15, 0.2) is 5.69 Å². The van der Waals surface area contributed by atoms with Gasteiger partial charge in [-0.15, -0.1) is 0 Å². The second-order valence-electron chi connectivity index (χ2n) is 4.33. The SMILES string of the molecule is Cc1cc(C(=O)O)nc(NCCc2cccc(Br)c2)n1. The van der Waals surface area contributed by atoms with Crippen LogP contribution in [0.5, 0.6) is 0 Å². The zero-order valence-corrected chi connectivity index (χ0v) is 12.5. The number of nitrogens with zero attached hydrogens (tertiary/aromatic N) is 2. The molecule has 1 aromatic heterocycles. The number of benzene rings is 1. The molecule has 1 aromatic carbocycles. The Bertz CT molecular complexity index is 632. The van der Waals surface area contributed by atoms with Gasteiger partial charge >= 0.3 is 5.97 Å². The number of hydrogen-bond donors (Lipinski definition) is 2. The van der Waals surface area contributed by atoms with Crippen LogP contribution in [0.15, 0.2) is 34.8 Å². The quantitative estimate of drug-likeness (QED) is 0.878. The molecule has 0 aliphatic rings. The third kappa shape index (κ3) is 4.03. The Kier molecular flexibility index (Phi) is 4.68. The molecule has 0 atom stereocenters. The van der Waals surface area contributed by atoms with Gasteiger partial charge in [0.2, 0.25) is 5.95 Å². The van der Waals surface area contributed by atoms with E-state index in [1.54, 1.807) is 6.92 Å². The Labute approximate surface area is 125 Å². The fourth-order valence-electron chi connectivity index (χ4n) is 1.77. The number of carboxylic acids is 1. The second kappa shape index (κ2) is 6.47. The molecule has 5 nitrogen and oxygen atoms in total. The summed E-state index contributed by atoms with van der Waals surface area (Å²) in [5.41, 5.74) is 1.81. The molecule has 0 spiro atoms. The van der Waals surface area contributed by atoms with Crippen molar-refractivity contribution in [1.29, 1.82) is 0 Å². The van der Waals surface area contributed by atoms with E-state index >= 15 is 0 Å². The normalized spacial score (nSPS) is 10.3. The van der Waals surface area contributed by atoms with Crippen molar-refractivity contribution in [2.75, 3.05) is 11.9 Å². The molecular weight excluding hydrogens is 322 g/mol. The highest BCUT2D eigenvalue weighted by Crippen LogP contribution is 2.12. The molecule has 20 heavy (non-hydrogen) atoms. The van der Waals surface area contributed by atoms with E-state index in [1.165, 1.54) is 11.6 Å². The highest BCUT2D eigenvalue weighted by molar-refractivity contribution is 9.10. The first kappa shape index (κ1) is 14.5. The van der Waals surface area contributed by atoms with Crippen LogP contribution in [0.2, 0.25) is 0 Å². The number of rotatable bonds is 5. The van der Waals surface area contributed by atoms with Crippen molar-refractivity contribution in [3.05, 3.63) is 51.8 Å². The number of anilines is 1. The van der Waals surface area contributed by atoms with Gasteiger partial charge in [0.1, 0.15) is 0 Å². The van der Waals surface area contributed by atoms with E-state index in [9.17, 15) is 4.79 Å². The van der Waals surface area contributed by atoms with Crippen LogP contribution < -0.4 is 5.32 Å². The average Bonchev–Trinajstić information content (AvgIpc) is 2.38. The van der Waals surface area contributed by atoms with Crippen molar-refractivity contribution >= 4 is 27.8 Å². The lowest BCUT2D eigenvalue weighted by atomic mass is 10.1. The lowest BCUT2D eigenvalue weighted by Gasteiger charge is -2.07. The van der Waals surface area contributed by atoms with E-state index in [1.807, 2.05) is 24.3 Å². The molecule has 0 amide bonds. The van der Waals surface area contributed by atoms with E-state index in [-0.39, 0.29) is 5.69 Å². The van der Waals surface area contributed by atoms with Crippen LogP contribution in [0.4, 0.5) is 5.95 Å². The van der Waals surface area contributed by atoms with Gasteiger partial charge < -0.3 is 10.4 Å². The van der Waals surface area contributed by atoms with Crippen molar-refractivity contribution in [2.24, 2.45) is 0 Å². The summed E-state index contributed by atoms with van der Waals surface area (Å²) in [6, 6.07) is 9.47. The molecule has 6 heteroatoms. The molecule has 0 aliphatic carbocycles. The van der Waals surface area contributed by atoms with Crippen LogP contribution in [-0.2, 0) is 6.42 Å². The average molecular weight is 336 g/mol. The Morgan fingerprint density at radius 3 is 2.85 bits per heavy atom. The van der Waals surface area contributed by atoms with Gasteiger partial charge in [-0.1, -0.05) is 28.1 Å². The van der Waals surface area contributed by atoms with Crippen LogP contribution in [0.1, 0.15) is 21.7 Å². The zero-order valence-electron chi connectivity index (χ0n) is 10.9. The molecule has 0 fully saturated rings. The molecule has 1 heterocycles. The van der Waals surface area contributed by atoms with E-state index in [4.69, 9.17) is 5.11 Å². The molecular formula is C14H14BrN3O2. The van der Waals surface area contributed by atoms with Gasteiger partial charge in [0.25, 0.3) is 0 Å². The lowest BCUT2D eigenvalue weighted by molar-refractivity contribution is 0.0690. The molecule has 2 aromatic rings. The molecule has 0 radical (unpaired) electrons. The number of halogens is 1. The minimum Gasteiger partial charge on any atom is -0.477 e. The van der Waals surface area contributed by atoms with Crippen molar-refractivity contribution in [3.8, 4) is 0 Å². The second-order valence-corrected chi connectivity index (χ2v) is 5.25. The molecule has 0 saturated carbocycles. The predicted molar refractivity (Wildman–Crippen MR) is 80.1 cm³/mol. The van der Waals surface area contributed by atoms with E-state index in [0.717, 1.165) is 10.9 Å². The summed E-state index contributed by atoms with van der Waals surface area (Å²) in [4.78, 5) is 19.0. The standard InChI is InChI=1S/C14H14BrN3O2/c1-9-7-12(13(19)20)18-14(17-9)16-6-5-10-3-2-4-11(15)8-10/h2-4,7-8H,5-6H2,1H3,(H,19,20)(H,16,17,18). The number of nitrogens with one attached hydrogen (secondary N) is 1. The van der Waals surface area contributed by atoms with Gasteiger partial charge in [-0.05, 0) is 37.1 Å². The Morgan fingerprint density at radius 1 is 1.35 bits per heavy atom. The monoisotopic (exact) mass is 335 g/mol. The van der Waals surface area contributed by atoms with E-state index in [0.29, 0.717) is 18.2 Å². The van der Waals surface area contributed by atoms with Gasteiger partial charge in [-0.25, -0.2) is 14.8 Å². The minimum atomic E-state index is -1.05. The maximum Gasteiger partial charge on any atom is 0.354 e. The number of carboxylic acid groups (broad SMARTS) is 1. The van der Waals surface area contributed by atoms with Crippen molar-refractivity contribution in [1.82, 2.24) is 9.97 Å². The van der Waals surface area contributed by atoms with Gasteiger partial charge in [-0.3, -0.25) is 0 Å². The van der Waals surface area contributed by atoms with Crippen LogP contribution in [0.25, 0.3) is 0 Å². The Morgan fingerprint density at radius 2 is 2.15 bits per heavy atom. The number of aromatic carboxylic acids is 1. The van der Waals surface area contributed by atoms with Crippen molar-refractivity contribution in [2.45, 2.75) is 13.3 Å². The molecule has 2 rings (SSSR count). The molecule has 104 valence electrons. The molecule has 0 unspecified atom stereocenters. The van der Waals surface area contributed by atoms with Crippen molar-refractivity contribution in [3.63, 3.8) is 0 Å². The number of hydrogen-bond acceptors (Lipinski definition) is 4. The van der Waals surface area contributed by atoms with Crippen LogP contribution in [0.3, 0.4) is 0 Å². The lowest BCUT2D eigenvalue weighted by Crippen LogP contribution is -2.11. The predicted octanol–water partition coefficient (Wildman–Crippen LogP) is 2.90. The molecule has 0 aliphatic heterocycles. The summed E-state index contributed by atoms with van der Waals surface area (Å²) in [5.74, 6) is -0.706. The molecule has 0 saturated heterocycles. The fraction of sp³-hybridized carbons (Fsp3) is 0.214. The van der Waals surface area contributed by atoms with Crippen molar-refractivity contribution < 1.29 is 9.90 Å².